The lowest BCUT2D eigenvalue weighted by Crippen LogP contribution is -2.58. The Morgan fingerprint density at radius 2 is 1.52 bits per heavy atom. The van der Waals surface area contributed by atoms with Gasteiger partial charge in [-0.15, -0.1) is 0 Å². The smallest absolute Gasteiger partial charge is 0.242 e. The molecule has 21 heavy (non-hydrogen) atoms. The van der Waals surface area contributed by atoms with Crippen molar-refractivity contribution in [3.63, 3.8) is 0 Å². The SMILES string of the molecule is CC(C)(C)c1ccc(C(C)(C(N)=O)N2CCNCC2)cc1. The number of primary amides is 1. The number of carbonyl (C=O) groups is 1. The number of piperazine rings is 1. The fourth-order valence-electron chi connectivity index (χ4n) is 2.89. The van der Waals surface area contributed by atoms with Crippen LogP contribution >= 0.6 is 0 Å². The molecule has 4 nitrogen and oxygen atoms in total. The number of carbonyl (C=O) groups excluding carboxylic acids is 1. The van der Waals surface area contributed by atoms with Gasteiger partial charge in [0.1, 0.15) is 5.54 Å². The summed E-state index contributed by atoms with van der Waals surface area (Å²) in [6.45, 7) is 11.9. The number of benzene rings is 1. The van der Waals surface area contributed by atoms with E-state index in [1.807, 2.05) is 19.1 Å². The van der Waals surface area contributed by atoms with Gasteiger partial charge in [-0.1, -0.05) is 45.0 Å². The number of hydrogen-bond donors (Lipinski definition) is 2. The lowest BCUT2D eigenvalue weighted by Gasteiger charge is -2.41. The summed E-state index contributed by atoms with van der Waals surface area (Å²) in [5, 5.41) is 3.31. The standard InChI is InChI=1S/C17H27N3O/c1-16(2,3)13-5-7-14(8-6-13)17(4,15(18)21)20-11-9-19-10-12-20/h5-8,19H,9-12H2,1-4H3,(H2,18,21). The Morgan fingerprint density at radius 3 is 1.95 bits per heavy atom. The highest BCUT2D eigenvalue weighted by molar-refractivity contribution is 5.85. The first-order valence-corrected chi connectivity index (χ1v) is 7.63. The summed E-state index contributed by atoms with van der Waals surface area (Å²) in [4.78, 5) is 14.3. The molecule has 1 amide bonds. The Bertz CT molecular complexity index is 498. The van der Waals surface area contributed by atoms with Crippen LogP contribution in [-0.2, 0) is 15.7 Å². The van der Waals surface area contributed by atoms with Crippen LogP contribution in [0.3, 0.4) is 0 Å². The van der Waals surface area contributed by atoms with Crippen LogP contribution in [0.2, 0.25) is 0 Å². The van der Waals surface area contributed by atoms with Crippen molar-refractivity contribution in [3.8, 4) is 0 Å². The minimum absolute atomic E-state index is 0.108. The van der Waals surface area contributed by atoms with Gasteiger partial charge in [-0.05, 0) is 23.5 Å². The molecule has 0 saturated carbocycles. The molecule has 0 aliphatic carbocycles. The molecule has 1 aromatic rings. The Balaban J connectivity index is 2.36. The second kappa shape index (κ2) is 5.78. The van der Waals surface area contributed by atoms with Crippen molar-refractivity contribution in [2.45, 2.75) is 38.6 Å². The second-order valence-electron chi connectivity index (χ2n) is 7.00. The average Bonchev–Trinajstić information content (AvgIpc) is 2.46. The van der Waals surface area contributed by atoms with Crippen molar-refractivity contribution in [1.82, 2.24) is 10.2 Å². The predicted molar refractivity (Wildman–Crippen MR) is 86.1 cm³/mol. The maximum atomic E-state index is 12.2. The van der Waals surface area contributed by atoms with Crippen LogP contribution in [0.5, 0.6) is 0 Å². The van der Waals surface area contributed by atoms with Crippen LogP contribution in [0.15, 0.2) is 24.3 Å². The zero-order valence-corrected chi connectivity index (χ0v) is 13.6. The molecule has 1 fully saturated rings. The number of nitrogens with two attached hydrogens (primary N) is 1. The molecule has 2 rings (SSSR count). The van der Waals surface area contributed by atoms with Gasteiger partial charge in [0.15, 0.2) is 0 Å². The fraction of sp³-hybridized carbons (Fsp3) is 0.588. The molecule has 4 heteroatoms. The lowest BCUT2D eigenvalue weighted by atomic mass is 9.83. The highest BCUT2D eigenvalue weighted by Crippen LogP contribution is 2.31. The van der Waals surface area contributed by atoms with Gasteiger partial charge in [0, 0.05) is 26.2 Å². The minimum atomic E-state index is -0.738. The molecule has 1 atom stereocenters. The highest BCUT2D eigenvalue weighted by Gasteiger charge is 2.40. The number of rotatable bonds is 3. The van der Waals surface area contributed by atoms with Crippen molar-refractivity contribution < 1.29 is 4.79 Å². The lowest BCUT2D eigenvalue weighted by molar-refractivity contribution is -0.130. The van der Waals surface area contributed by atoms with E-state index in [1.54, 1.807) is 0 Å². The predicted octanol–water partition coefficient (Wildman–Crippen LogP) is 1.59. The van der Waals surface area contributed by atoms with Crippen LogP contribution in [0.4, 0.5) is 0 Å². The maximum Gasteiger partial charge on any atom is 0.242 e. The van der Waals surface area contributed by atoms with E-state index in [-0.39, 0.29) is 11.3 Å². The summed E-state index contributed by atoms with van der Waals surface area (Å²) >= 11 is 0. The molecule has 0 radical (unpaired) electrons. The van der Waals surface area contributed by atoms with Gasteiger partial charge in [-0.25, -0.2) is 0 Å². The molecular formula is C17H27N3O. The highest BCUT2D eigenvalue weighted by atomic mass is 16.1. The molecule has 0 aromatic heterocycles. The Morgan fingerprint density at radius 1 is 1.05 bits per heavy atom. The molecule has 1 unspecified atom stereocenters. The Kier molecular flexibility index (Phi) is 4.40. The molecule has 0 bridgehead atoms. The Labute approximate surface area is 127 Å². The van der Waals surface area contributed by atoms with E-state index >= 15 is 0 Å². The largest absolute Gasteiger partial charge is 0.368 e. The molecule has 1 aliphatic heterocycles. The maximum absolute atomic E-state index is 12.2. The molecule has 116 valence electrons. The normalized spacial score (nSPS) is 20.0. The summed E-state index contributed by atoms with van der Waals surface area (Å²) in [5.74, 6) is -0.284. The summed E-state index contributed by atoms with van der Waals surface area (Å²) in [7, 11) is 0. The third kappa shape index (κ3) is 3.11. The summed E-state index contributed by atoms with van der Waals surface area (Å²) in [6, 6.07) is 8.32. The quantitative estimate of drug-likeness (QED) is 0.888. The third-order valence-corrected chi connectivity index (χ3v) is 4.54. The summed E-state index contributed by atoms with van der Waals surface area (Å²) in [6.07, 6.45) is 0. The van der Waals surface area contributed by atoms with Gasteiger partial charge in [0.05, 0.1) is 0 Å². The average molecular weight is 289 g/mol. The van der Waals surface area contributed by atoms with Gasteiger partial charge in [-0.2, -0.15) is 0 Å². The van der Waals surface area contributed by atoms with Gasteiger partial charge in [0.25, 0.3) is 0 Å². The van der Waals surface area contributed by atoms with Crippen molar-refractivity contribution in [2.24, 2.45) is 5.73 Å². The molecule has 3 N–H and O–H groups in total. The van der Waals surface area contributed by atoms with E-state index in [4.69, 9.17) is 5.73 Å². The van der Waals surface area contributed by atoms with Gasteiger partial charge < -0.3 is 11.1 Å². The second-order valence-corrected chi connectivity index (χ2v) is 7.00. The van der Waals surface area contributed by atoms with E-state index in [2.05, 4.69) is 43.1 Å². The first-order chi connectivity index (χ1) is 9.76. The van der Waals surface area contributed by atoms with E-state index in [9.17, 15) is 4.79 Å². The minimum Gasteiger partial charge on any atom is -0.368 e. The number of nitrogens with one attached hydrogen (secondary N) is 1. The fourth-order valence-corrected chi connectivity index (χ4v) is 2.89. The molecular weight excluding hydrogens is 262 g/mol. The first kappa shape index (κ1) is 16.0. The number of amides is 1. The Hall–Kier alpha value is -1.39. The molecule has 0 spiro atoms. The van der Waals surface area contributed by atoms with Crippen LogP contribution in [0, 0.1) is 0 Å². The van der Waals surface area contributed by atoms with E-state index < -0.39 is 5.54 Å². The number of nitrogens with zero attached hydrogens (tertiary/aromatic N) is 1. The van der Waals surface area contributed by atoms with Crippen molar-refractivity contribution in [3.05, 3.63) is 35.4 Å². The van der Waals surface area contributed by atoms with Crippen LogP contribution in [-0.4, -0.2) is 37.0 Å². The van der Waals surface area contributed by atoms with E-state index in [0.717, 1.165) is 31.7 Å². The summed E-state index contributed by atoms with van der Waals surface area (Å²) in [5.41, 5.74) is 7.37. The van der Waals surface area contributed by atoms with E-state index in [0.29, 0.717) is 0 Å². The number of hydrogen-bond acceptors (Lipinski definition) is 3. The van der Waals surface area contributed by atoms with Crippen LogP contribution < -0.4 is 11.1 Å². The van der Waals surface area contributed by atoms with Crippen LogP contribution in [0.25, 0.3) is 0 Å². The third-order valence-electron chi connectivity index (χ3n) is 4.54. The van der Waals surface area contributed by atoms with E-state index in [1.165, 1.54) is 5.56 Å². The van der Waals surface area contributed by atoms with Crippen LogP contribution in [0.1, 0.15) is 38.8 Å². The van der Waals surface area contributed by atoms with Crippen molar-refractivity contribution in [2.75, 3.05) is 26.2 Å². The van der Waals surface area contributed by atoms with Crippen molar-refractivity contribution in [1.29, 1.82) is 0 Å². The topological polar surface area (TPSA) is 58.4 Å². The summed E-state index contributed by atoms with van der Waals surface area (Å²) < 4.78 is 0. The molecule has 1 heterocycles. The van der Waals surface area contributed by atoms with Gasteiger partial charge >= 0.3 is 0 Å². The zero-order chi connectivity index (χ0) is 15.7. The molecule has 1 aromatic carbocycles. The molecule has 1 saturated heterocycles. The monoisotopic (exact) mass is 289 g/mol. The molecule has 1 aliphatic rings. The van der Waals surface area contributed by atoms with Gasteiger partial charge in [-0.3, -0.25) is 9.69 Å². The van der Waals surface area contributed by atoms with Crippen molar-refractivity contribution >= 4 is 5.91 Å². The zero-order valence-electron chi connectivity index (χ0n) is 13.6. The first-order valence-electron chi connectivity index (χ1n) is 7.63. The van der Waals surface area contributed by atoms with Gasteiger partial charge in [0.2, 0.25) is 5.91 Å².